The molecule has 0 amide bonds. The highest BCUT2D eigenvalue weighted by Crippen LogP contribution is 2.20. The Balaban J connectivity index is 2.13. The van der Waals surface area contributed by atoms with Crippen LogP contribution in [0, 0.1) is 12.7 Å². The zero-order valence-electron chi connectivity index (χ0n) is 12.5. The molecule has 0 aliphatic rings. The molecule has 1 heterocycles. The van der Waals surface area contributed by atoms with Crippen molar-refractivity contribution in [3.8, 4) is 0 Å². The molecule has 1 unspecified atom stereocenters. The average molecular weight is 346 g/mol. The van der Waals surface area contributed by atoms with Crippen LogP contribution in [-0.4, -0.2) is 18.2 Å². The van der Waals surface area contributed by atoms with Crippen LogP contribution in [0.25, 0.3) is 0 Å². The van der Waals surface area contributed by atoms with Crippen molar-refractivity contribution < 1.29 is 12.8 Å². The van der Waals surface area contributed by atoms with E-state index in [1.165, 1.54) is 12.1 Å². The molecule has 0 spiro atoms. The lowest BCUT2D eigenvalue weighted by Gasteiger charge is -2.14. The van der Waals surface area contributed by atoms with Gasteiger partial charge in [-0.3, -0.25) is 4.68 Å². The van der Waals surface area contributed by atoms with Gasteiger partial charge in [-0.2, -0.15) is 5.10 Å². The number of aryl methyl sites for hydroxylation is 2. The van der Waals surface area contributed by atoms with Gasteiger partial charge in [-0.25, -0.2) is 17.5 Å². The monoisotopic (exact) mass is 345 g/mol. The summed E-state index contributed by atoms with van der Waals surface area (Å²) in [5.41, 5.74) is 2.00. The van der Waals surface area contributed by atoms with E-state index in [2.05, 4.69) is 9.82 Å². The minimum Gasteiger partial charge on any atom is -0.275 e. The second kappa shape index (κ2) is 6.36. The summed E-state index contributed by atoms with van der Waals surface area (Å²) in [5, 5.41) is 4.10. The van der Waals surface area contributed by atoms with E-state index in [1.807, 2.05) is 6.92 Å². The Labute approximate surface area is 134 Å². The number of hydrogen-bond donors (Lipinski definition) is 1. The number of nitrogens with one attached hydrogen (secondary N) is 1. The van der Waals surface area contributed by atoms with Crippen molar-refractivity contribution in [2.45, 2.75) is 25.6 Å². The molecule has 0 saturated carbocycles. The normalized spacial score (nSPS) is 13.3. The molecule has 0 radical (unpaired) electrons. The molecule has 0 saturated heterocycles. The maximum atomic E-state index is 13.1. The van der Waals surface area contributed by atoms with Gasteiger partial charge in [0.15, 0.2) is 0 Å². The zero-order valence-corrected chi connectivity index (χ0v) is 14.0. The molecule has 1 atom stereocenters. The van der Waals surface area contributed by atoms with E-state index in [1.54, 1.807) is 24.9 Å². The van der Waals surface area contributed by atoms with E-state index in [0.717, 1.165) is 17.3 Å². The summed E-state index contributed by atoms with van der Waals surface area (Å²) in [6.45, 7) is 3.57. The summed E-state index contributed by atoms with van der Waals surface area (Å²) in [5.74, 6) is -0.841. The Morgan fingerprint density at radius 2 is 2.14 bits per heavy atom. The minimum atomic E-state index is -3.59. The molecule has 0 fully saturated rings. The zero-order chi connectivity index (χ0) is 16.5. The van der Waals surface area contributed by atoms with Gasteiger partial charge in [-0.15, -0.1) is 0 Å². The first kappa shape index (κ1) is 16.9. The first-order valence-corrected chi connectivity index (χ1v) is 8.65. The van der Waals surface area contributed by atoms with Crippen LogP contribution in [0.15, 0.2) is 24.4 Å². The van der Waals surface area contributed by atoms with Crippen molar-refractivity contribution >= 4 is 21.6 Å². The van der Waals surface area contributed by atoms with E-state index in [9.17, 15) is 12.8 Å². The summed E-state index contributed by atoms with van der Waals surface area (Å²) >= 11 is 5.67. The Kier molecular flexibility index (Phi) is 4.89. The molecule has 5 nitrogen and oxygen atoms in total. The largest absolute Gasteiger partial charge is 0.275 e. The van der Waals surface area contributed by atoms with Gasteiger partial charge in [0, 0.05) is 24.8 Å². The molecule has 22 heavy (non-hydrogen) atoms. The molecule has 2 aromatic rings. The summed E-state index contributed by atoms with van der Waals surface area (Å²) < 4.78 is 41.8. The van der Waals surface area contributed by atoms with Gasteiger partial charge >= 0.3 is 0 Å². The highest BCUT2D eigenvalue weighted by molar-refractivity contribution is 7.88. The van der Waals surface area contributed by atoms with Crippen LogP contribution in [0.2, 0.25) is 5.02 Å². The minimum absolute atomic E-state index is 0.0937. The third kappa shape index (κ3) is 4.06. The summed E-state index contributed by atoms with van der Waals surface area (Å²) in [4.78, 5) is 0. The van der Waals surface area contributed by atoms with Gasteiger partial charge in [0.2, 0.25) is 10.0 Å². The van der Waals surface area contributed by atoms with Crippen molar-refractivity contribution in [3.05, 3.63) is 52.1 Å². The third-order valence-corrected chi connectivity index (χ3v) is 4.93. The molecule has 1 N–H and O–H groups in total. The quantitative estimate of drug-likeness (QED) is 0.906. The second-order valence-corrected chi connectivity index (χ2v) is 7.35. The predicted molar refractivity (Wildman–Crippen MR) is 83.5 cm³/mol. The van der Waals surface area contributed by atoms with Crippen LogP contribution in [0.5, 0.6) is 0 Å². The lowest BCUT2D eigenvalue weighted by molar-refractivity contribution is 0.565. The number of sulfonamides is 1. The summed E-state index contributed by atoms with van der Waals surface area (Å²) in [7, 11) is -1.81. The molecular formula is C14H17ClFN3O2S. The van der Waals surface area contributed by atoms with Crippen molar-refractivity contribution in [1.82, 2.24) is 14.5 Å². The number of aromatic nitrogens is 2. The summed E-state index contributed by atoms with van der Waals surface area (Å²) in [6, 6.07) is 3.47. The Bertz CT molecular complexity index is 789. The standard InChI is InChI=1S/C14H17ClFN3O2S/c1-9-12(7-19(3)17-9)10(2)18-22(20,21)8-11-4-5-14(16)13(15)6-11/h4-7,10,18H,8H2,1-3H3. The van der Waals surface area contributed by atoms with E-state index < -0.39 is 21.9 Å². The fourth-order valence-corrected chi connectivity index (χ4v) is 3.84. The van der Waals surface area contributed by atoms with Crippen LogP contribution in [0.4, 0.5) is 4.39 Å². The van der Waals surface area contributed by atoms with Crippen molar-refractivity contribution in [1.29, 1.82) is 0 Å². The fraction of sp³-hybridized carbons (Fsp3) is 0.357. The first-order valence-electron chi connectivity index (χ1n) is 6.62. The smallest absolute Gasteiger partial charge is 0.216 e. The highest BCUT2D eigenvalue weighted by Gasteiger charge is 2.19. The molecule has 120 valence electrons. The third-order valence-electron chi connectivity index (χ3n) is 3.21. The number of nitrogens with zero attached hydrogens (tertiary/aromatic N) is 2. The SMILES string of the molecule is Cc1nn(C)cc1C(C)NS(=O)(=O)Cc1ccc(F)c(Cl)c1. The number of rotatable bonds is 5. The number of halogens is 2. The molecular weight excluding hydrogens is 329 g/mol. The molecule has 8 heteroatoms. The van der Waals surface area contributed by atoms with Crippen molar-refractivity contribution in [2.75, 3.05) is 0 Å². The van der Waals surface area contributed by atoms with E-state index in [-0.39, 0.29) is 10.8 Å². The Morgan fingerprint density at radius 1 is 1.45 bits per heavy atom. The molecule has 1 aromatic carbocycles. The molecule has 1 aromatic heterocycles. The van der Waals surface area contributed by atoms with Gasteiger partial charge < -0.3 is 0 Å². The average Bonchev–Trinajstić information content (AvgIpc) is 2.72. The lowest BCUT2D eigenvalue weighted by atomic mass is 10.1. The van der Waals surface area contributed by atoms with Gasteiger partial charge in [-0.05, 0) is 31.5 Å². The van der Waals surface area contributed by atoms with Gasteiger partial charge in [0.05, 0.1) is 16.5 Å². The topological polar surface area (TPSA) is 64.0 Å². The summed E-state index contributed by atoms with van der Waals surface area (Å²) in [6.07, 6.45) is 1.78. The van der Waals surface area contributed by atoms with Gasteiger partial charge in [0.25, 0.3) is 0 Å². The molecule has 0 aliphatic heterocycles. The van der Waals surface area contributed by atoms with E-state index in [4.69, 9.17) is 11.6 Å². The van der Waals surface area contributed by atoms with Crippen LogP contribution in [0.1, 0.15) is 29.8 Å². The van der Waals surface area contributed by atoms with Crippen LogP contribution < -0.4 is 4.72 Å². The first-order chi connectivity index (χ1) is 10.2. The van der Waals surface area contributed by atoms with E-state index in [0.29, 0.717) is 5.56 Å². The lowest BCUT2D eigenvalue weighted by Crippen LogP contribution is -2.28. The predicted octanol–water partition coefficient (Wildman–Crippen LogP) is 2.70. The van der Waals surface area contributed by atoms with E-state index >= 15 is 0 Å². The molecule has 2 rings (SSSR count). The second-order valence-electron chi connectivity index (χ2n) is 5.19. The Hall–Kier alpha value is -1.44. The molecule has 0 bridgehead atoms. The van der Waals surface area contributed by atoms with Crippen LogP contribution >= 0.6 is 11.6 Å². The van der Waals surface area contributed by atoms with Gasteiger partial charge in [-0.1, -0.05) is 17.7 Å². The van der Waals surface area contributed by atoms with Gasteiger partial charge in [0.1, 0.15) is 5.82 Å². The van der Waals surface area contributed by atoms with Crippen molar-refractivity contribution in [2.24, 2.45) is 7.05 Å². The molecule has 0 aliphatic carbocycles. The van der Waals surface area contributed by atoms with Crippen molar-refractivity contribution in [3.63, 3.8) is 0 Å². The van der Waals surface area contributed by atoms with Crippen LogP contribution in [0.3, 0.4) is 0 Å². The Morgan fingerprint density at radius 3 is 2.68 bits per heavy atom. The highest BCUT2D eigenvalue weighted by atomic mass is 35.5. The maximum absolute atomic E-state index is 13.1. The van der Waals surface area contributed by atoms with Crippen LogP contribution in [-0.2, 0) is 22.8 Å². The number of hydrogen-bond acceptors (Lipinski definition) is 3. The maximum Gasteiger partial charge on any atom is 0.216 e. The fourth-order valence-electron chi connectivity index (χ4n) is 2.27. The number of benzene rings is 1.